The van der Waals surface area contributed by atoms with E-state index in [4.69, 9.17) is 21.6 Å². The Morgan fingerprint density at radius 1 is 1.18 bits per heavy atom. The maximum atomic E-state index is 17.3. The molecule has 0 radical (unpaired) electrons. The largest absolute Gasteiger partial charge is 0.355 e. The number of hydrogen-bond donors (Lipinski definition) is 2. The number of carbonyl (C=O) groups excluding carboxylic acids is 1. The van der Waals surface area contributed by atoms with Crippen LogP contribution in [0.3, 0.4) is 0 Å². The molecule has 1 fully saturated rings. The molecule has 7 rings (SSSR count). The summed E-state index contributed by atoms with van der Waals surface area (Å²) in [5.74, 6) is 0.398. The fourth-order valence-corrected chi connectivity index (χ4v) is 8.36. The van der Waals surface area contributed by atoms with Crippen molar-refractivity contribution in [3.05, 3.63) is 76.5 Å². The number of benzene rings is 2. The number of amidine groups is 1. The number of H-pyrrole nitrogens is 1. The van der Waals surface area contributed by atoms with E-state index in [0.29, 0.717) is 58.6 Å². The Morgan fingerprint density at radius 2 is 1.98 bits per heavy atom. The Labute approximate surface area is 269 Å². The maximum Gasteiger partial charge on any atom is 0.246 e. The number of pyridine rings is 1. The van der Waals surface area contributed by atoms with Crippen molar-refractivity contribution >= 4 is 57.4 Å². The fourth-order valence-electron chi connectivity index (χ4n) is 6.79. The number of aromatic nitrogens is 3. The van der Waals surface area contributed by atoms with Gasteiger partial charge in [0.2, 0.25) is 12.3 Å². The molecule has 0 bridgehead atoms. The van der Waals surface area contributed by atoms with Crippen LogP contribution in [0, 0.1) is 19.7 Å². The number of aliphatic hydroxyl groups is 1. The summed E-state index contributed by atoms with van der Waals surface area (Å²) in [5.41, 5.74) is 5.84. The van der Waals surface area contributed by atoms with Crippen LogP contribution in [0.25, 0.3) is 22.0 Å². The number of fused-ring (bicyclic) bond motifs is 3. The van der Waals surface area contributed by atoms with E-state index in [1.54, 1.807) is 22.2 Å². The van der Waals surface area contributed by atoms with E-state index >= 15 is 4.39 Å². The number of nitrogens with zero attached hydrogens (tertiary/aromatic N) is 6. The fraction of sp³-hybridized carbons (Fsp3) is 0.333. The second-order valence-corrected chi connectivity index (χ2v) is 13.4. The Hall–Kier alpha value is -3.93. The monoisotopic (exact) mass is 645 g/mol. The van der Waals surface area contributed by atoms with E-state index in [-0.39, 0.29) is 28.5 Å². The smallest absolute Gasteiger partial charge is 0.246 e. The molecule has 2 N–H and O–H groups in total. The van der Waals surface area contributed by atoms with Crippen molar-refractivity contribution in [2.75, 3.05) is 30.3 Å². The highest BCUT2D eigenvalue weighted by atomic mass is 35.5. The third-order valence-electron chi connectivity index (χ3n) is 8.93. The van der Waals surface area contributed by atoms with Gasteiger partial charge in [-0.1, -0.05) is 38.1 Å². The summed E-state index contributed by atoms with van der Waals surface area (Å²) >= 11 is 8.83. The summed E-state index contributed by atoms with van der Waals surface area (Å²) < 4.78 is 17.3. The molecule has 1 amide bonds. The van der Waals surface area contributed by atoms with Gasteiger partial charge in [-0.2, -0.15) is 5.10 Å². The van der Waals surface area contributed by atoms with Crippen molar-refractivity contribution in [3.8, 4) is 11.1 Å². The topological polar surface area (TPSA) is 101 Å². The zero-order chi connectivity index (χ0) is 31.7. The van der Waals surface area contributed by atoms with Crippen LogP contribution >= 0.6 is 23.4 Å². The number of aliphatic imine (C=N–C) groups is 1. The van der Waals surface area contributed by atoms with E-state index in [9.17, 15) is 9.90 Å². The molecule has 5 heterocycles. The number of carbonyl (C=O) groups is 1. The number of anilines is 2. The molecule has 0 aliphatic carbocycles. The minimum absolute atomic E-state index is 0.0194. The number of nitrogens with one attached hydrogen (secondary N) is 1. The summed E-state index contributed by atoms with van der Waals surface area (Å²) in [5, 5.41) is 20.1. The Balaban J connectivity index is 1.54. The lowest BCUT2D eigenvalue weighted by Gasteiger charge is -2.44. The molecule has 4 aromatic rings. The highest BCUT2D eigenvalue weighted by Gasteiger charge is 2.44. The molecular formula is C33H33ClFN7O2S. The molecule has 3 aliphatic rings. The quantitative estimate of drug-likeness (QED) is 0.257. The Morgan fingerprint density at radius 3 is 2.73 bits per heavy atom. The van der Waals surface area contributed by atoms with E-state index in [1.807, 2.05) is 45.9 Å². The predicted octanol–water partition coefficient (Wildman–Crippen LogP) is 6.14. The first-order valence-electron chi connectivity index (χ1n) is 14.9. The second kappa shape index (κ2) is 11.1. The minimum atomic E-state index is -1.36. The van der Waals surface area contributed by atoms with Gasteiger partial charge in [-0.3, -0.25) is 19.8 Å². The molecule has 0 spiro atoms. The Bertz CT molecular complexity index is 1920. The highest BCUT2D eigenvalue weighted by molar-refractivity contribution is 7.99. The van der Waals surface area contributed by atoms with Crippen molar-refractivity contribution in [2.45, 2.75) is 50.9 Å². The molecule has 1 saturated heterocycles. The Kier molecular flexibility index (Phi) is 7.37. The van der Waals surface area contributed by atoms with Gasteiger partial charge >= 0.3 is 0 Å². The molecule has 2 aromatic heterocycles. The third-order valence-corrected chi connectivity index (χ3v) is 10.5. The summed E-state index contributed by atoms with van der Waals surface area (Å²) in [6.07, 6.45) is 3.40. The lowest BCUT2D eigenvalue weighted by molar-refractivity contribution is -0.128. The average Bonchev–Trinajstić information content (AvgIpc) is 3.44. The van der Waals surface area contributed by atoms with Crippen LogP contribution in [0.1, 0.15) is 42.1 Å². The zero-order valence-electron chi connectivity index (χ0n) is 25.4. The third kappa shape index (κ3) is 4.54. The normalized spacial score (nSPS) is 19.4. The van der Waals surface area contributed by atoms with Crippen molar-refractivity contribution in [1.82, 2.24) is 25.0 Å². The summed E-state index contributed by atoms with van der Waals surface area (Å²) in [4.78, 5) is 28.1. The summed E-state index contributed by atoms with van der Waals surface area (Å²) in [7, 11) is 0. The predicted molar refractivity (Wildman–Crippen MR) is 177 cm³/mol. The van der Waals surface area contributed by atoms with Crippen LogP contribution in [-0.2, 0) is 4.79 Å². The van der Waals surface area contributed by atoms with Crippen molar-refractivity contribution in [1.29, 1.82) is 0 Å². The molecule has 2 aromatic carbocycles. The first-order chi connectivity index (χ1) is 21.6. The number of aryl methyl sites for hydroxylation is 2. The molecule has 12 heteroatoms. The van der Waals surface area contributed by atoms with Crippen LogP contribution < -0.4 is 4.90 Å². The number of rotatable bonds is 4. The van der Waals surface area contributed by atoms with Gasteiger partial charge in [-0.05, 0) is 49.1 Å². The molecule has 45 heavy (non-hydrogen) atoms. The van der Waals surface area contributed by atoms with Crippen molar-refractivity contribution in [3.63, 3.8) is 0 Å². The van der Waals surface area contributed by atoms with Crippen LogP contribution in [0.2, 0.25) is 5.02 Å². The summed E-state index contributed by atoms with van der Waals surface area (Å²) in [6.45, 7) is 13.0. The first kappa shape index (κ1) is 29.8. The molecular weight excluding hydrogens is 613 g/mol. The number of piperazine rings is 1. The lowest BCUT2D eigenvalue weighted by atomic mass is 9.92. The summed E-state index contributed by atoms with van der Waals surface area (Å²) in [6, 6.07) is 5.56. The average molecular weight is 646 g/mol. The molecule has 9 nitrogen and oxygen atoms in total. The lowest BCUT2D eigenvalue weighted by Crippen LogP contribution is -2.58. The number of aromatic amines is 1. The standard InChI is InChI=1S/C33H33ClFN7O2S/c1-6-22(43)40-11-12-41-19(14-40)15-45-31-25-30(26(34)24(27(31)35)23-17(4)7-8-21-20(23)13-37-39-21)42(33(44)38-32(25)41)29-18(5)9-10-36-28(29)16(2)3/h6-10,13,16,19,33,44H,1,11-12,14-15H2,2-5H3,(H,37,39). The van der Waals surface area contributed by atoms with E-state index < -0.39 is 12.2 Å². The van der Waals surface area contributed by atoms with Crippen molar-refractivity contribution < 1.29 is 14.3 Å². The molecule has 3 aliphatic heterocycles. The molecule has 232 valence electrons. The number of amides is 1. The van der Waals surface area contributed by atoms with E-state index in [1.165, 1.54) is 17.8 Å². The minimum Gasteiger partial charge on any atom is -0.355 e. The molecule has 0 saturated carbocycles. The van der Waals surface area contributed by atoms with Gasteiger partial charge in [0, 0.05) is 48.1 Å². The van der Waals surface area contributed by atoms with Crippen LogP contribution in [0.15, 0.2) is 53.1 Å². The molecule has 2 atom stereocenters. The zero-order valence-corrected chi connectivity index (χ0v) is 27.0. The molecule has 2 unspecified atom stereocenters. The van der Waals surface area contributed by atoms with Gasteiger partial charge in [0.1, 0.15) is 11.7 Å². The number of hydrogen-bond acceptors (Lipinski definition) is 8. The number of halogens is 2. The van der Waals surface area contributed by atoms with Crippen molar-refractivity contribution in [2.24, 2.45) is 4.99 Å². The van der Waals surface area contributed by atoms with Gasteiger partial charge in [0.25, 0.3) is 0 Å². The number of thioether (sulfide) groups is 1. The van der Waals surface area contributed by atoms with Gasteiger partial charge < -0.3 is 14.9 Å². The second-order valence-electron chi connectivity index (χ2n) is 12.0. The SMILES string of the molecule is C=CC(=O)N1CCN2C3=NC(O)N(c4c(C)ccnc4C(C)C)c4c(Cl)c(-c5c(C)ccc6[nH]ncc56)c(F)c(c43)SCC2C1. The van der Waals surface area contributed by atoms with E-state index in [0.717, 1.165) is 27.7 Å². The number of aliphatic hydroxyl groups excluding tert-OH is 1. The van der Waals surface area contributed by atoms with Crippen LogP contribution in [-0.4, -0.2) is 79.6 Å². The van der Waals surface area contributed by atoms with Gasteiger partial charge in [0.15, 0.2) is 0 Å². The van der Waals surface area contributed by atoms with Crippen LogP contribution in [0.4, 0.5) is 15.8 Å². The van der Waals surface area contributed by atoms with Crippen LogP contribution in [0.5, 0.6) is 0 Å². The van der Waals surface area contributed by atoms with E-state index in [2.05, 4.69) is 21.7 Å². The van der Waals surface area contributed by atoms with Gasteiger partial charge in [0.05, 0.1) is 50.3 Å². The highest BCUT2D eigenvalue weighted by Crippen LogP contribution is 2.54. The van der Waals surface area contributed by atoms with Gasteiger partial charge in [-0.15, -0.1) is 11.8 Å². The van der Waals surface area contributed by atoms with Gasteiger partial charge in [-0.25, -0.2) is 9.38 Å². The first-order valence-corrected chi connectivity index (χ1v) is 16.3. The maximum absolute atomic E-state index is 17.3.